The van der Waals surface area contributed by atoms with Crippen molar-refractivity contribution in [2.75, 3.05) is 27.7 Å². The molecule has 1 N–H and O–H groups in total. The SMILES string of the molecule is COc1ccc(/C=C/C(=O)O[C@@H]2CCCC[C@H]2C[NH+](C)C)cc1. The van der Waals surface area contributed by atoms with Crippen molar-refractivity contribution in [2.45, 2.75) is 31.8 Å². The van der Waals surface area contributed by atoms with E-state index in [0.717, 1.165) is 37.1 Å². The highest BCUT2D eigenvalue weighted by atomic mass is 16.5. The van der Waals surface area contributed by atoms with Gasteiger partial charge in [-0.1, -0.05) is 18.6 Å². The summed E-state index contributed by atoms with van der Waals surface area (Å²) in [7, 11) is 5.94. The number of hydrogen-bond acceptors (Lipinski definition) is 3. The lowest BCUT2D eigenvalue weighted by atomic mass is 9.86. The predicted octanol–water partition coefficient (Wildman–Crippen LogP) is 1.95. The van der Waals surface area contributed by atoms with Crippen LogP contribution in [0.3, 0.4) is 0 Å². The molecule has 126 valence electrons. The molecular weight excluding hydrogens is 290 g/mol. The highest BCUT2D eigenvalue weighted by Crippen LogP contribution is 2.26. The summed E-state index contributed by atoms with van der Waals surface area (Å²) in [5.41, 5.74) is 0.959. The first kappa shape index (κ1) is 17.5. The lowest BCUT2D eigenvalue weighted by Crippen LogP contribution is -3.06. The predicted molar refractivity (Wildman–Crippen MR) is 91.5 cm³/mol. The van der Waals surface area contributed by atoms with Crippen LogP contribution < -0.4 is 9.64 Å². The van der Waals surface area contributed by atoms with Crippen molar-refractivity contribution in [3.63, 3.8) is 0 Å². The molecule has 1 aliphatic rings. The molecule has 1 saturated carbocycles. The van der Waals surface area contributed by atoms with Gasteiger partial charge in [0.05, 0.1) is 27.7 Å². The molecule has 2 rings (SSSR count). The van der Waals surface area contributed by atoms with Crippen molar-refractivity contribution in [3.05, 3.63) is 35.9 Å². The van der Waals surface area contributed by atoms with Gasteiger partial charge in [0.15, 0.2) is 0 Å². The van der Waals surface area contributed by atoms with E-state index in [0.29, 0.717) is 5.92 Å². The summed E-state index contributed by atoms with van der Waals surface area (Å²) in [6, 6.07) is 7.59. The highest BCUT2D eigenvalue weighted by Gasteiger charge is 2.29. The van der Waals surface area contributed by atoms with Gasteiger partial charge in [0.25, 0.3) is 0 Å². The fourth-order valence-corrected chi connectivity index (χ4v) is 3.15. The van der Waals surface area contributed by atoms with E-state index in [1.54, 1.807) is 13.2 Å². The molecule has 23 heavy (non-hydrogen) atoms. The fraction of sp³-hybridized carbons (Fsp3) is 0.526. The van der Waals surface area contributed by atoms with Crippen LogP contribution in [0.1, 0.15) is 31.2 Å². The van der Waals surface area contributed by atoms with Crippen LogP contribution in [0.25, 0.3) is 6.08 Å². The zero-order chi connectivity index (χ0) is 16.7. The largest absolute Gasteiger partial charge is 0.497 e. The number of nitrogens with one attached hydrogen (secondary N) is 1. The first-order valence-electron chi connectivity index (χ1n) is 8.40. The summed E-state index contributed by atoms with van der Waals surface area (Å²) in [4.78, 5) is 13.5. The van der Waals surface area contributed by atoms with Gasteiger partial charge in [0.1, 0.15) is 11.9 Å². The van der Waals surface area contributed by atoms with Crippen molar-refractivity contribution in [1.29, 1.82) is 0 Å². The van der Waals surface area contributed by atoms with E-state index in [1.165, 1.54) is 17.4 Å². The normalized spacial score (nSPS) is 21.6. The second-order valence-corrected chi connectivity index (χ2v) is 6.54. The number of hydrogen-bond donors (Lipinski definition) is 1. The summed E-state index contributed by atoms with van der Waals surface area (Å²) < 4.78 is 10.8. The van der Waals surface area contributed by atoms with E-state index >= 15 is 0 Å². The second kappa shape index (κ2) is 8.73. The van der Waals surface area contributed by atoms with Crippen LogP contribution in [-0.2, 0) is 9.53 Å². The Morgan fingerprint density at radius 2 is 1.91 bits per heavy atom. The summed E-state index contributed by atoms with van der Waals surface area (Å²) in [6.45, 7) is 1.06. The Bertz CT molecular complexity index is 522. The minimum Gasteiger partial charge on any atom is -0.497 e. The Hall–Kier alpha value is -1.81. The van der Waals surface area contributed by atoms with Crippen molar-refractivity contribution < 1.29 is 19.2 Å². The summed E-state index contributed by atoms with van der Waals surface area (Å²) in [5.74, 6) is 1.04. The smallest absolute Gasteiger partial charge is 0.331 e. The standard InChI is InChI=1S/C19H27NO3/c1-20(2)14-16-6-4-5-7-18(16)23-19(21)13-10-15-8-11-17(22-3)12-9-15/h8-13,16,18H,4-7,14H2,1-3H3/p+1/b13-10+/t16-,18+/m0/s1. The molecule has 0 spiro atoms. The van der Waals surface area contributed by atoms with Gasteiger partial charge < -0.3 is 14.4 Å². The number of esters is 1. The van der Waals surface area contributed by atoms with Gasteiger partial charge in [-0.3, -0.25) is 0 Å². The van der Waals surface area contributed by atoms with E-state index < -0.39 is 0 Å². The highest BCUT2D eigenvalue weighted by molar-refractivity contribution is 5.87. The van der Waals surface area contributed by atoms with Gasteiger partial charge in [-0.15, -0.1) is 0 Å². The van der Waals surface area contributed by atoms with E-state index in [9.17, 15) is 4.79 Å². The molecule has 4 heteroatoms. The first-order chi connectivity index (χ1) is 11.1. The zero-order valence-electron chi connectivity index (χ0n) is 14.4. The molecule has 0 heterocycles. The molecule has 4 nitrogen and oxygen atoms in total. The molecule has 1 aromatic rings. The third-order valence-corrected chi connectivity index (χ3v) is 4.30. The molecular formula is C19H28NO3+. The monoisotopic (exact) mass is 318 g/mol. The Balaban J connectivity index is 1.90. The number of carbonyl (C=O) groups excluding carboxylic acids is 1. The molecule has 0 aliphatic heterocycles. The molecule has 0 amide bonds. The first-order valence-corrected chi connectivity index (χ1v) is 8.40. The molecule has 0 aromatic heterocycles. The molecule has 0 unspecified atom stereocenters. The maximum Gasteiger partial charge on any atom is 0.331 e. The number of rotatable bonds is 6. The molecule has 0 saturated heterocycles. The van der Waals surface area contributed by atoms with Crippen LogP contribution in [-0.4, -0.2) is 39.8 Å². The van der Waals surface area contributed by atoms with E-state index in [-0.39, 0.29) is 12.1 Å². The van der Waals surface area contributed by atoms with Crippen LogP contribution in [0.5, 0.6) is 5.75 Å². The number of methoxy groups -OCH3 is 1. The van der Waals surface area contributed by atoms with Gasteiger partial charge in [-0.05, 0) is 43.0 Å². The van der Waals surface area contributed by atoms with E-state index in [1.807, 2.05) is 24.3 Å². The number of carbonyl (C=O) groups is 1. The molecule has 1 aliphatic carbocycles. The fourth-order valence-electron chi connectivity index (χ4n) is 3.15. The molecule has 0 radical (unpaired) electrons. The lowest BCUT2D eigenvalue weighted by Gasteiger charge is -2.31. The summed E-state index contributed by atoms with van der Waals surface area (Å²) in [6.07, 6.45) is 7.91. The van der Waals surface area contributed by atoms with Crippen molar-refractivity contribution in [1.82, 2.24) is 0 Å². The third-order valence-electron chi connectivity index (χ3n) is 4.30. The quantitative estimate of drug-likeness (QED) is 0.644. The van der Waals surface area contributed by atoms with Crippen molar-refractivity contribution in [3.8, 4) is 5.75 Å². The van der Waals surface area contributed by atoms with Crippen molar-refractivity contribution in [2.24, 2.45) is 5.92 Å². The average Bonchev–Trinajstić information content (AvgIpc) is 2.55. The number of ether oxygens (including phenoxy) is 2. The molecule has 0 bridgehead atoms. The Labute approximate surface area is 139 Å². The van der Waals surface area contributed by atoms with Crippen LogP contribution in [0.15, 0.2) is 30.3 Å². The van der Waals surface area contributed by atoms with Gasteiger partial charge in [0.2, 0.25) is 0 Å². The van der Waals surface area contributed by atoms with Crippen LogP contribution in [0.2, 0.25) is 0 Å². The topological polar surface area (TPSA) is 40.0 Å². The molecule has 2 atom stereocenters. The zero-order valence-corrected chi connectivity index (χ0v) is 14.4. The summed E-state index contributed by atoms with van der Waals surface area (Å²) in [5, 5.41) is 0. The van der Waals surface area contributed by atoms with E-state index in [4.69, 9.17) is 9.47 Å². The third kappa shape index (κ3) is 5.71. The van der Waals surface area contributed by atoms with E-state index in [2.05, 4.69) is 14.1 Å². The minimum atomic E-state index is -0.244. The average molecular weight is 318 g/mol. The minimum absolute atomic E-state index is 0.0617. The molecule has 1 fully saturated rings. The van der Waals surface area contributed by atoms with Gasteiger partial charge in [0, 0.05) is 12.0 Å². The van der Waals surface area contributed by atoms with Crippen LogP contribution >= 0.6 is 0 Å². The molecule has 1 aromatic carbocycles. The second-order valence-electron chi connectivity index (χ2n) is 6.54. The number of quaternary nitrogens is 1. The Kier molecular flexibility index (Phi) is 6.66. The summed E-state index contributed by atoms with van der Waals surface area (Å²) >= 11 is 0. The maximum atomic E-state index is 12.1. The van der Waals surface area contributed by atoms with Gasteiger partial charge >= 0.3 is 5.97 Å². The Morgan fingerprint density at radius 1 is 1.22 bits per heavy atom. The van der Waals surface area contributed by atoms with Gasteiger partial charge in [-0.2, -0.15) is 0 Å². The number of benzene rings is 1. The van der Waals surface area contributed by atoms with Crippen LogP contribution in [0.4, 0.5) is 0 Å². The van der Waals surface area contributed by atoms with Crippen molar-refractivity contribution >= 4 is 12.0 Å². The van der Waals surface area contributed by atoms with Gasteiger partial charge in [-0.25, -0.2) is 4.79 Å². The Morgan fingerprint density at radius 3 is 2.57 bits per heavy atom. The lowest BCUT2D eigenvalue weighted by molar-refractivity contribution is -0.862. The maximum absolute atomic E-state index is 12.1. The van der Waals surface area contributed by atoms with Crippen LogP contribution in [0, 0.1) is 5.92 Å².